The maximum Gasteiger partial charge on any atom is 0.387 e. The second-order valence-electron chi connectivity index (χ2n) is 10.1. The van der Waals surface area contributed by atoms with Gasteiger partial charge in [0, 0.05) is 42.6 Å². The van der Waals surface area contributed by atoms with Crippen LogP contribution in [-0.2, 0) is 15.1 Å². The molecule has 2 heterocycles. The van der Waals surface area contributed by atoms with Crippen LogP contribution in [0.15, 0.2) is 42.6 Å². The lowest BCUT2D eigenvalue weighted by Crippen LogP contribution is -2.54. The predicted octanol–water partition coefficient (Wildman–Crippen LogP) is 5.36. The number of rotatable bonds is 10. The van der Waals surface area contributed by atoms with E-state index in [-0.39, 0.29) is 22.4 Å². The molecule has 0 radical (unpaired) electrons. The van der Waals surface area contributed by atoms with Crippen molar-refractivity contribution in [2.75, 3.05) is 25.0 Å². The lowest BCUT2D eigenvalue weighted by molar-refractivity contribution is -0.145. The second kappa shape index (κ2) is 11.2. The number of nitrogens with one attached hydrogen (secondary N) is 1. The third-order valence-electron chi connectivity index (χ3n) is 7.02. The van der Waals surface area contributed by atoms with E-state index in [4.69, 9.17) is 11.6 Å². The molecule has 2 N–H and O–H groups in total. The highest BCUT2D eigenvalue weighted by atomic mass is 35.5. The fraction of sp³-hybridized carbons (Fsp3) is 0.500. The number of hydrogen-bond donors (Lipinski definition) is 2. The number of amides is 1. The number of ether oxygens (including phenoxy) is 1. The van der Waals surface area contributed by atoms with E-state index in [9.17, 15) is 23.5 Å². The SMILES string of the molecule is C=C(CN1CCC(C(=O)Nc2ccc(Cl)cc2OC(F)F)(n2nccc2C(C)C)CC1)C(C)(C)C(=O)O. The zero-order valence-corrected chi connectivity index (χ0v) is 22.2. The normalized spacial score (nSPS) is 16.1. The molecule has 0 aliphatic carbocycles. The number of halogens is 3. The van der Waals surface area contributed by atoms with Crippen molar-refractivity contribution in [2.45, 2.75) is 58.6 Å². The minimum absolute atomic E-state index is 0.0753. The molecule has 0 atom stereocenters. The molecule has 202 valence electrons. The van der Waals surface area contributed by atoms with Gasteiger partial charge in [-0.1, -0.05) is 32.0 Å². The number of aliphatic carboxylic acids is 1. The van der Waals surface area contributed by atoms with Crippen LogP contribution in [0.3, 0.4) is 0 Å². The predicted molar refractivity (Wildman–Crippen MR) is 137 cm³/mol. The van der Waals surface area contributed by atoms with Crippen molar-refractivity contribution >= 4 is 29.2 Å². The highest BCUT2D eigenvalue weighted by Gasteiger charge is 2.46. The number of carbonyl (C=O) groups excluding carboxylic acids is 1. The fourth-order valence-electron chi connectivity index (χ4n) is 4.37. The molecule has 1 saturated heterocycles. The summed E-state index contributed by atoms with van der Waals surface area (Å²) in [5.74, 6) is -1.52. The number of nitrogens with zero attached hydrogens (tertiary/aromatic N) is 3. The number of carboxylic acids is 1. The molecular formula is C26H33ClF2N4O4. The summed E-state index contributed by atoms with van der Waals surface area (Å²) in [7, 11) is 0. The van der Waals surface area contributed by atoms with E-state index in [0.29, 0.717) is 38.0 Å². The van der Waals surface area contributed by atoms with Gasteiger partial charge in [0.2, 0.25) is 0 Å². The van der Waals surface area contributed by atoms with Crippen molar-refractivity contribution in [2.24, 2.45) is 5.41 Å². The van der Waals surface area contributed by atoms with Gasteiger partial charge in [-0.25, -0.2) is 0 Å². The van der Waals surface area contributed by atoms with Gasteiger partial charge in [-0.15, -0.1) is 0 Å². The van der Waals surface area contributed by atoms with Crippen molar-refractivity contribution in [1.29, 1.82) is 0 Å². The standard InChI is InChI=1S/C26H33ClF2N4O4/c1-16(2)20-8-11-30-33(20)26(9-12-32(13-10-26)15-17(3)25(4,5)23(35)36)22(34)31-19-7-6-18(27)14-21(19)37-24(28)29/h6-8,11,14,16,24H,3,9-10,12-13,15H2,1-2,4-5H3,(H,31,34)(H,35,36). The molecule has 2 aromatic rings. The summed E-state index contributed by atoms with van der Waals surface area (Å²) in [5.41, 5.74) is -0.695. The van der Waals surface area contributed by atoms with Gasteiger partial charge in [-0.2, -0.15) is 13.9 Å². The number of alkyl halides is 2. The third kappa shape index (κ3) is 6.13. The van der Waals surface area contributed by atoms with Crippen LogP contribution in [0.1, 0.15) is 52.1 Å². The Morgan fingerprint density at radius 3 is 2.49 bits per heavy atom. The Balaban J connectivity index is 1.91. The van der Waals surface area contributed by atoms with Crippen LogP contribution in [0.2, 0.25) is 5.02 Å². The first kappa shape index (κ1) is 28.6. The second-order valence-corrected chi connectivity index (χ2v) is 10.6. The molecule has 0 bridgehead atoms. The summed E-state index contributed by atoms with van der Waals surface area (Å²) >= 11 is 5.96. The Labute approximate surface area is 220 Å². The monoisotopic (exact) mass is 538 g/mol. The van der Waals surface area contributed by atoms with Crippen LogP contribution in [0.4, 0.5) is 14.5 Å². The number of hydrogen-bond acceptors (Lipinski definition) is 5. The summed E-state index contributed by atoms with van der Waals surface area (Å²) < 4.78 is 32.3. The first-order chi connectivity index (χ1) is 17.3. The first-order valence-electron chi connectivity index (χ1n) is 12.0. The number of aromatic nitrogens is 2. The molecule has 1 aliphatic rings. The van der Waals surface area contributed by atoms with Gasteiger partial charge in [0.05, 0.1) is 11.1 Å². The number of benzene rings is 1. The van der Waals surface area contributed by atoms with Crippen LogP contribution in [0.5, 0.6) is 5.75 Å². The van der Waals surface area contributed by atoms with Gasteiger partial charge in [0.25, 0.3) is 5.91 Å². The number of likely N-dealkylation sites (tertiary alicyclic amines) is 1. The Morgan fingerprint density at radius 1 is 1.27 bits per heavy atom. The zero-order chi connectivity index (χ0) is 27.5. The smallest absolute Gasteiger partial charge is 0.387 e. The Morgan fingerprint density at radius 2 is 1.92 bits per heavy atom. The van der Waals surface area contributed by atoms with Crippen molar-refractivity contribution in [3.05, 3.63) is 53.3 Å². The highest BCUT2D eigenvalue weighted by molar-refractivity contribution is 6.30. The maximum absolute atomic E-state index is 13.9. The van der Waals surface area contributed by atoms with E-state index in [1.54, 1.807) is 24.7 Å². The average Bonchev–Trinajstić information content (AvgIpc) is 3.32. The molecule has 37 heavy (non-hydrogen) atoms. The molecular weight excluding hydrogens is 506 g/mol. The molecule has 0 spiro atoms. The lowest BCUT2D eigenvalue weighted by atomic mass is 9.82. The molecule has 8 nitrogen and oxygen atoms in total. The quantitative estimate of drug-likeness (QED) is 0.395. The Bertz CT molecular complexity index is 1160. The topological polar surface area (TPSA) is 96.7 Å². The van der Waals surface area contributed by atoms with Gasteiger partial charge in [0.1, 0.15) is 5.54 Å². The van der Waals surface area contributed by atoms with Crippen molar-refractivity contribution in [3.63, 3.8) is 0 Å². The Hall–Kier alpha value is -2.98. The van der Waals surface area contributed by atoms with E-state index < -0.39 is 29.4 Å². The Kier molecular flexibility index (Phi) is 8.64. The average molecular weight is 539 g/mol. The summed E-state index contributed by atoms with van der Waals surface area (Å²) in [5, 5.41) is 17.0. The van der Waals surface area contributed by atoms with Crippen LogP contribution in [0.25, 0.3) is 0 Å². The summed E-state index contributed by atoms with van der Waals surface area (Å²) in [6, 6.07) is 5.98. The van der Waals surface area contributed by atoms with Crippen LogP contribution in [0, 0.1) is 5.41 Å². The number of anilines is 1. The molecule has 3 rings (SSSR count). The first-order valence-corrected chi connectivity index (χ1v) is 12.4. The van der Waals surface area contributed by atoms with Crippen molar-refractivity contribution < 1.29 is 28.2 Å². The van der Waals surface area contributed by atoms with Gasteiger partial charge >= 0.3 is 12.6 Å². The third-order valence-corrected chi connectivity index (χ3v) is 7.25. The van der Waals surface area contributed by atoms with Crippen LogP contribution < -0.4 is 10.1 Å². The minimum Gasteiger partial charge on any atom is -0.481 e. The lowest BCUT2D eigenvalue weighted by Gasteiger charge is -2.42. The van der Waals surface area contributed by atoms with Gasteiger partial charge in [-0.3, -0.25) is 19.2 Å². The molecule has 0 saturated carbocycles. The molecule has 11 heteroatoms. The minimum atomic E-state index is -3.09. The van der Waals surface area contributed by atoms with Crippen LogP contribution >= 0.6 is 11.6 Å². The summed E-state index contributed by atoms with van der Waals surface area (Å²) in [4.78, 5) is 27.6. The van der Waals surface area contributed by atoms with Crippen molar-refractivity contribution in [3.8, 4) is 5.75 Å². The molecule has 1 aliphatic heterocycles. The van der Waals surface area contributed by atoms with Gasteiger partial charge < -0.3 is 15.2 Å². The number of carbonyl (C=O) groups is 2. The molecule has 0 unspecified atom stereocenters. The maximum atomic E-state index is 13.9. The van der Waals surface area contributed by atoms with Crippen LogP contribution in [-0.4, -0.2) is 57.9 Å². The molecule has 1 aromatic heterocycles. The zero-order valence-electron chi connectivity index (χ0n) is 21.4. The van der Waals surface area contributed by atoms with E-state index >= 15 is 0 Å². The van der Waals surface area contributed by atoms with E-state index in [0.717, 1.165) is 5.69 Å². The fourth-order valence-corrected chi connectivity index (χ4v) is 4.54. The number of carboxylic acid groups (broad SMARTS) is 1. The van der Waals surface area contributed by atoms with Gasteiger partial charge in [-0.05, 0) is 56.4 Å². The van der Waals surface area contributed by atoms with Gasteiger partial charge in [0.15, 0.2) is 5.75 Å². The van der Waals surface area contributed by atoms with E-state index in [1.807, 2.05) is 19.9 Å². The summed E-state index contributed by atoms with van der Waals surface area (Å²) in [6.07, 6.45) is 2.36. The van der Waals surface area contributed by atoms with Crippen molar-refractivity contribution in [1.82, 2.24) is 14.7 Å². The van der Waals surface area contributed by atoms with E-state index in [2.05, 4.69) is 26.6 Å². The molecule has 1 aromatic carbocycles. The number of piperidine rings is 1. The molecule has 1 amide bonds. The summed E-state index contributed by atoms with van der Waals surface area (Å²) in [6.45, 7) is 9.45. The molecule has 1 fully saturated rings. The highest BCUT2D eigenvalue weighted by Crippen LogP contribution is 2.37. The largest absolute Gasteiger partial charge is 0.481 e. The van der Waals surface area contributed by atoms with E-state index in [1.165, 1.54) is 18.2 Å².